The highest BCUT2D eigenvalue weighted by Gasteiger charge is 2.13. The van der Waals surface area contributed by atoms with E-state index in [1.165, 1.54) is 7.11 Å². The monoisotopic (exact) mass is 328 g/mol. The zero-order valence-corrected chi connectivity index (χ0v) is 13.2. The molecule has 2 N–H and O–H groups in total. The van der Waals surface area contributed by atoms with Crippen LogP contribution in [0.5, 0.6) is 0 Å². The highest BCUT2D eigenvalue weighted by molar-refractivity contribution is 5.85. The van der Waals surface area contributed by atoms with Gasteiger partial charge in [0.2, 0.25) is 0 Å². The molecule has 0 aliphatic rings. The zero-order chi connectivity index (χ0) is 13.7. The minimum atomic E-state index is -0.616. The van der Waals surface area contributed by atoms with Crippen LogP contribution in [0, 0.1) is 0 Å². The molecular formula is C15H18Cl2N2O2. The van der Waals surface area contributed by atoms with Gasteiger partial charge in [-0.3, -0.25) is 9.78 Å². The summed E-state index contributed by atoms with van der Waals surface area (Å²) in [5.74, 6) is -0.392. The summed E-state index contributed by atoms with van der Waals surface area (Å²) in [6, 6.07) is 11.2. The van der Waals surface area contributed by atoms with Crippen molar-refractivity contribution < 1.29 is 9.53 Å². The van der Waals surface area contributed by atoms with Crippen LogP contribution in [0.4, 0.5) is 0 Å². The number of aromatic nitrogens is 1. The van der Waals surface area contributed by atoms with Crippen LogP contribution in [-0.4, -0.2) is 24.1 Å². The summed E-state index contributed by atoms with van der Waals surface area (Å²) in [5.41, 5.74) is 8.88. The van der Waals surface area contributed by atoms with Crippen molar-refractivity contribution in [2.24, 2.45) is 5.73 Å². The Hall–Kier alpha value is -1.62. The number of rotatable bonds is 4. The first kappa shape index (κ1) is 19.4. The van der Waals surface area contributed by atoms with Crippen molar-refractivity contribution >= 4 is 30.8 Å². The van der Waals surface area contributed by atoms with Gasteiger partial charge in [-0.1, -0.05) is 30.3 Å². The molecule has 0 spiro atoms. The lowest BCUT2D eigenvalue weighted by Crippen LogP contribution is -2.33. The minimum absolute atomic E-state index is 0. The first-order valence-corrected chi connectivity index (χ1v) is 6.03. The number of esters is 1. The summed E-state index contributed by atoms with van der Waals surface area (Å²) in [7, 11) is 1.34. The van der Waals surface area contributed by atoms with Crippen molar-refractivity contribution in [2.75, 3.05) is 7.11 Å². The van der Waals surface area contributed by atoms with Gasteiger partial charge >= 0.3 is 5.97 Å². The van der Waals surface area contributed by atoms with Crippen LogP contribution >= 0.6 is 24.8 Å². The molecular weight excluding hydrogens is 311 g/mol. The topological polar surface area (TPSA) is 65.2 Å². The Kier molecular flexibility index (Phi) is 8.62. The fourth-order valence-electron chi connectivity index (χ4n) is 1.86. The van der Waals surface area contributed by atoms with Crippen molar-refractivity contribution in [3.05, 3.63) is 54.4 Å². The molecule has 114 valence electrons. The summed E-state index contributed by atoms with van der Waals surface area (Å²) >= 11 is 0. The maximum Gasteiger partial charge on any atom is 0.322 e. The number of hydrogen-bond acceptors (Lipinski definition) is 4. The van der Waals surface area contributed by atoms with E-state index >= 15 is 0 Å². The van der Waals surface area contributed by atoms with Gasteiger partial charge in [-0.25, -0.2) is 0 Å². The van der Waals surface area contributed by atoms with Gasteiger partial charge in [0.25, 0.3) is 0 Å². The van der Waals surface area contributed by atoms with Crippen LogP contribution in [0.25, 0.3) is 11.1 Å². The largest absolute Gasteiger partial charge is 0.468 e. The Bertz CT molecular complexity index is 547. The molecule has 1 atom stereocenters. The quantitative estimate of drug-likeness (QED) is 0.876. The Morgan fingerprint density at radius 1 is 1.19 bits per heavy atom. The van der Waals surface area contributed by atoms with Gasteiger partial charge < -0.3 is 10.5 Å². The first-order chi connectivity index (χ1) is 9.20. The number of benzene rings is 1. The number of hydrogen-bond donors (Lipinski definition) is 1. The standard InChI is InChI=1S/C15H16N2O2.2ClH/c1-19-15(18)14(16)9-11-4-6-12(7-5-11)13-3-2-8-17-10-13;;/h2-8,10,14H,9,16H2,1H3;2*1H. The van der Waals surface area contributed by atoms with Crippen LogP contribution < -0.4 is 5.73 Å². The third-order valence-electron chi connectivity index (χ3n) is 2.91. The second kappa shape index (κ2) is 9.34. The van der Waals surface area contributed by atoms with E-state index in [0.29, 0.717) is 6.42 Å². The van der Waals surface area contributed by atoms with E-state index in [4.69, 9.17) is 5.73 Å². The van der Waals surface area contributed by atoms with E-state index in [0.717, 1.165) is 16.7 Å². The number of carbonyl (C=O) groups excluding carboxylic acids is 1. The average molecular weight is 329 g/mol. The van der Waals surface area contributed by atoms with Crippen LogP contribution in [0.15, 0.2) is 48.8 Å². The molecule has 1 aromatic heterocycles. The molecule has 1 aromatic carbocycles. The van der Waals surface area contributed by atoms with Gasteiger partial charge in [0, 0.05) is 12.4 Å². The molecule has 1 unspecified atom stereocenters. The summed E-state index contributed by atoms with van der Waals surface area (Å²) in [4.78, 5) is 15.3. The number of methoxy groups -OCH3 is 1. The Morgan fingerprint density at radius 2 is 1.86 bits per heavy atom. The van der Waals surface area contributed by atoms with Crippen LogP contribution in [0.1, 0.15) is 5.56 Å². The molecule has 0 aliphatic carbocycles. The van der Waals surface area contributed by atoms with Crippen molar-refractivity contribution in [1.29, 1.82) is 0 Å². The number of nitrogens with two attached hydrogens (primary N) is 1. The van der Waals surface area contributed by atoms with Crippen molar-refractivity contribution in [2.45, 2.75) is 12.5 Å². The maximum atomic E-state index is 11.2. The van der Waals surface area contributed by atoms with Gasteiger partial charge in [-0.05, 0) is 29.2 Å². The number of carbonyl (C=O) groups is 1. The van der Waals surface area contributed by atoms with Gasteiger partial charge in [0.15, 0.2) is 0 Å². The van der Waals surface area contributed by atoms with E-state index in [2.05, 4.69) is 9.72 Å². The van der Waals surface area contributed by atoms with Crippen molar-refractivity contribution in [3.63, 3.8) is 0 Å². The van der Waals surface area contributed by atoms with E-state index in [1.807, 2.05) is 42.6 Å². The fraction of sp³-hybridized carbons (Fsp3) is 0.200. The zero-order valence-electron chi connectivity index (χ0n) is 11.6. The molecule has 0 amide bonds. The van der Waals surface area contributed by atoms with E-state index in [9.17, 15) is 4.79 Å². The lowest BCUT2D eigenvalue weighted by atomic mass is 10.0. The van der Waals surface area contributed by atoms with Crippen LogP contribution in [-0.2, 0) is 16.0 Å². The van der Waals surface area contributed by atoms with E-state index in [-0.39, 0.29) is 24.8 Å². The van der Waals surface area contributed by atoms with E-state index < -0.39 is 12.0 Å². The molecule has 0 saturated carbocycles. The predicted octanol–water partition coefficient (Wildman–Crippen LogP) is 2.64. The second-order valence-corrected chi connectivity index (χ2v) is 4.27. The molecule has 0 fully saturated rings. The van der Waals surface area contributed by atoms with Crippen LogP contribution in [0.3, 0.4) is 0 Å². The molecule has 0 radical (unpaired) electrons. The molecule has 2 aromatic rings. The number of halogens is 2. The SMILES string of the molecule is COC(=O)C(N)Cc1ccc(-c2cccnc2)cc1.Cl.Cl. The van der Waals surface area contributed by atoms with Crippen molar-refractivity contribution in [1.82, 2.24) is 4.98 Å². The summed E-state index contributed by atoms with van der Waals surface area (Å²) in [5, 5.41) is 0. The number of pyridine rings is 1. The summed E-state index contributed by atoms with van der Waals surface area (Å²) < 4.78 is 4.61. The Morgan fingerprint density at radius 3 is 2.38 bits per heavy atom. The molecule has 0 aliphatic heterocycles. The molecule has 1 heterocycles. The highest BCUT2D eigenvalue weighted by atomic mass is 35.5. The van der Waals surface area contributed by atoms with Gasteiger partial charge in [0.1, 0.15) is 6.04 Å². The van der Waals surface area contributed by atoms with Gasteiger partial charge in [-0.15, -0.1) is 24.8 Å². The molecule has 2 rings (SSSR count). The van der Waals surface area contributed by atoms with Gasteiger partial charge in [0.05, 0.1) is 7.11 Å². The summed E-state index contributed by atoms with van der Waals surface area (Å²) in [6.07, 6.45) is 4.03. The molecule has 21 heavy (non-hydrogen) atoms. The summed E-state index contributed by atoms with van der Waals surface area (Å²) in [6.45, 7) is 0. The molecule has 0 saturated heterocycles. The fourth-order valence-corrected chi connectivity index (χ4v) is 1.86. The lowest BCUT2D eigenvalue weighted by molar-refractivity contribution is -0.142. The average Bonchev–Trinajstić information content (AvgIpc) is 2.48. The molecule has 6 heteroatoms. The minimum Gasteiger partial charge on any atom is -0.468 e. The lowest BCUT2D eigenvalue weighted by Gasteiger charge is -2.09. The second-order valence-electron chi connectivity index (χ2n) is 4.27. The maximum absolute atomic E-state index is 11.2. The predicted molar refractivity (Wildman–Crippen MR) is 87.9 cm³/mol. The smallest absolute Gasteiger partial charge is 0.322 e. The normalized spacial score (nSPS) is 10.8. The van der Waals surface area contributed by atoms with Crippen molar-refractivity contribution in [3.8, 4) is 11.1 Å². The molecule has 0 bridgehead atoms. The number of ether oxygens (including phenoxy) is 1. The molecule has 4 nitrogen and oxygen atoms in total. The Labute approximate surface area is 136 Å². The van der Waals surface area contributed by atoms with Crippen LogP contribution in [0.2, 0.25) is 0 Å². The Balaban J connectivity index is 0.00000200. The highest BCUT2D eigenvalue weighted by Crippen LogP contribution is 2.18. The van der Waals surface area contributed by atoms with Gasteiger partial charge in [-0.2, -0.15) is 0 Å². The third-order valence-corrected chi connectivity index (χ3v) is 2.91. The first-order valence-electron chi connectivity index (χ1n) is 6.03. The number of nitrogens with zero attached hydrogens (tertiary/aromatic N) is 1. The third kappa shape index (κ3) is 5.34. The van der Waals surface area contributed by atoms with E-state index in [1.54, 1.807) is 6.20 Å².